The van der Waals surface area contributed by atoms with Crippen molar-refractivity contribution in [3.63, 3.8) is 0 Å². The molecule has 10 heterocycles. The Balaban J connectivity index is 0.000000167. The number of ether oxygens (including phenoxy) is 8. The number of benzene rings is 4. The van der Waals surface area contributed by atoms with E-state index in [-0.39, 0.29) is 54.1 Å². The standard InChI is InChI=1S/C22H22N2O3.C19H21F2N3O2.C19H21FN2O2.C18H22F2N2O3.C18H20N2O2.C17H22N2O3/c1-13(2)14-4-6-15(7-5-14)17-10-19(24-21(25)22(3)12-27-22)18(11-23)16-8-9-26-20(16)17;1-3-17(25)24-13-10-15-16(23-11-13)8-9-22-18(15)26-14-6-4-12(5-7-14)19(2,20)21;1-3-17(23)22-15-10-14(18-16(11-15)21-12-24-18)5-4-13-6-8-19(2,20)9-7-13;1-4-16(23)22-14-9-13(17(24-3)21-10-14)7-5-12-6-8-15(25-11-12)18(2,19)20;1-5-17(21)20-15-10-16(18(22-4)19-11-15)14-8-6-13(7-9-14)12(2)3;1-4-16(20)19-15-9-14(17(21-3)18-10-15)8-7-13-6-5-12(2)22-11-13/h4-7,10,13H,8-9,12H2,1-3H3,(H,24,25);3,8-12,14H,1,4-7H2,2H3,(H,24,25);3-5,10-13H,1,6-9H2,2H3,(H,22,23);4-5,7,9-10,12,15H,1,6,8,11H2,2-3H3,(H,22,23);5-12H,1H2,2-4H3,(H,20,21);4,7-10,12-13H,1,5-6,11H2,2-3H3,(H,19,20)/b;;5-4+;7-5+;;8-7+/t22-;;;12-,15+;;12-,13+/m1..1.0/s1. The number of allylic oxidation sites excluding steroid dienone is 1. The SMILES string of the molecule is C=CC(=O)Nc1cc(/C=C/C2CCC(C)(F)CC2)c2ocnc2c1.C=CC(=O)Nc1cnc(OC)c(-c2ccc(C(C)C)cc2)c1.C=CC(=O)Nc1cnc(OC)c(/C=C/[C@@H]2CC[C@@H](C(C)(F)F)OC2)c1.C=CC(=O)Nc1cnc(OC)c(/C=C/[C@H]2CC[C@H](C)OC2)c1.C=CC(=O)Nc1cnc2ccnc(OC3CCC(C(C)(F)F)CC3)c2c1.CC(C)c1ccc(-c2cc(NC(=O)[C@@]3(C)CO3)c(C#N)c3c2OCC3)cc1. The van der Waals surface area contributed by atoms with Gasteiger partial charge in [0.25, 0.3) is 11.8 Å². The van der Waals surface area contributed by atoms with Crippen molar-refractivity contribution in [2.24, 2.45) is 23.7 Å². The minimum atomic E-state index is -2.82. The largest absolute Gasteiger partial charge is 0.492 e. The van der Waals surface area contributed by atoms with Crippen molar-refractivity contribution < 1.29 is 93.0 Å². The summed E-state index contributed by atoms with van der Waals surface area (Å²) in [6.45, 7) is 35.1. The van der Waals surface area contributed by atoms with Gasteiger partial charge in [-0.05, 0) is 224 Å². The number of nitrogens with zero attached hydrogens (tertiary/aromatic N) is 7. The number of oxazole rings is 1. The number of aromatic nitrogens is 6. The molecule has 0 unspecified atom stereocenters. The summed E-state index contributed by atoms with van der Waals surface area (Å²) in [5, 5.41) is 26.7. The van der Waals surface area contributed by atoms with Gasteiger partial charge in [-0.2, -0.15) is 5.26 Å². The maximum Gasteiger partial charge on any atom is 0.270 e. The molecule has 0 radical (unpaired) electrons. The van der Waals surface area contributed by atoms with E-state index in [1.54, 1.807) is 83.2 Å². The number of rotatable bonds is 29. The van der Waals surface area contributed by atoms with Crippen molar-refractivity contribution in [3.05, 3.63) is 255 Å². The van der Waals surface area contributed by atoms with Gasteiger partial charge < -0.3 is 74.2 Å². The van der Waals surface area contributed by atoms with E-state index in [4.69, 9.17) is 42.3 Å². The highest BCUT2D eigenvalue weighted by Crippen LogP contribution is 2.46. The fourth-order valence-electron chi connectivity index (χ4n) is 16.7. The molecule has 4 aromatic carbocycles. The second-order valence-corrected chi connectivity index (χ2v) is 37.4. The molecular weight excluding hydrogens is 1870 g/mol. The number of nitriles is 1. The topological polar surface area (TPSA) is 366 Å². The van der Waals surface area contributed by atoms with E-state index in [0.29, 0.717) is 192 Å². The second-order valence-electron chi connectivity index (χ2n) is 37.4. The summed E-state index contributed by atoms with van der Waals surface area (Å²) >= 11 is 0. The molecule has 6 amide bonds. The first-order valence-corrected chi connectivity index (χ1v) is 48.5. The van der Waals surface area contributed by atoms with Crippen molar-refractivity contribution >= 4 is 110 Å². The van der Waals surface area contributed by atoms with Crippen molar-refractivity contribution in [2.75, 3.05) is 79.7 Å². The number of nitrogens with one attached hydrogen (secondary N) is 6. The molecule has 5 atom stereocenters. The van der Waals surface area contributed by atoms with Gasteiger partial charge in [-0.15, -0.1) is 0 Å². The Labute approximate surface area is 848 Å². The summed E-state index contributed by atoms with van der Waals surface area (Å²) in [6, 6.07) is 33.2. The minimum absolute atomic E-state index is 0.0368. The highest BCUT2D eigenvalue weighted by molar-refractivity contribution is 6.04. The first-order chi connectivity index (χ1) is 69.7. The molecule has 28 nitrogen and oxygen atoms in total. The van der Waals surface area contributed by atoms with Crippen LogP contribution in [-0.4, -0.2) is 155 Å². The molecule has 770 valence electrons. The number of carbonyl (C=O) groups is 6. The van der Waals surface area contributed by atoms with Crippen molar-refractivity contribution in [1.29, 1.82) is 5.26 Å². The Bertz CT molecular complexity index is 6410. The quantitative estimate of drug-likeness (QED) is 0.0144. The number of hydrogen-bond acceptors (Lipinski definition) is 22. The molecule has 2 saturated carbocycles. The van der Waals surface area contributed by atoms with Crippen LogP contribution < -0.4 is 55.6 Å². The third kappa shape index (κ3) is 32.1. The number of methoxy groups -OCH3 is 3. The van der Waals surface area contributed by atoms with Crippen LogP contribution in [0.5, 0.6) is 29.3 Å². The summed E-state index contributed by atoms with van der Waals surface area (Å²) in [4.78, 5) is 94.9. The predicted molar refractivity (Wildman–Crippen MR) is 559 cm³/mol. The van der Waals surface area contributed by atoms with Crippen molar-refractivity contribution in [1.82, 2.24) is 29.9 Å². The van der Waals surface area contributed by atoms with Gasteiger partial charge >= 0.3 is 0 Å². The van der Waals surface area contributed by atoms with E-state index >= 15 is 0 Å². The van der Waals surface area contributed by atoms with Gasteiger partial charge in [0.15, 0.2) is 17.6 Å². The van der Waals surface area contributed by atoms with Crippen LogP contribution in [0.3, 0.4) is 0 Å². The first kappa shape index (κ1) is 111. The second kappa shape index (κ2) is 52.1. The fraction of sp³-hybridized carbons (Fsp3) is 0.372. The Hall–Kier alpha value is -14.9. The smallest absolute Gasteiger partial charge is 0.270 e. The van der Waals surface area contributed by atoms with Crippen LogP contribution >= 0.6 is 0 Å². The van der Waals surface area contributed by atoms with E-state index in [9.17, 15) is 56.0 Å². The zero-order chi connectivity index (χ0) is 106. The van der Waals surface area contributed by atoms with Crippen LogP contribution in [0.1, 0.15) is 190 Å². The Morgan fingerprint density at radius 1 is 0.521 bits per heavy atom. The van der Waals surface area contributed by atoms with Crippen LogP contribution in [0.2, 0.25) is 0 Å². The Kier molecular flexibility index (Phi) is 39.8. The number of carbonyl (C=O) groups excluding carboxylic acids is 6. The van der Waals surface area contributed by atoms with E-state index in [0.717, 1.165) is 90.8 Å². The molecule has 0 spiro atoms. The van der Waals surface area contributed by atoms with E-state index < -0.39 is 35.1 Å². The van der Waals surface area contributed by atoms with Crippen LogP contribution in [0, 0.1) is 35.0 Å². The molecule has 146 heavy (non-hydrogen) atoms. The van der Waals surface area contributed by atoms with Crippen LogP contribution in [0.15, 0.2) is 220 Å². The van der Waals surface area contributed by atoms with Crippen LogP contribution in [0.4, 0.5) is 56.1 Å². The molecule has 4 aliphatic heterocycles. The molecule has 0 bridgehead atoms. The maximum atomic E-state index is 13.9. The Morgan fingerprint density at radius 2 is 1.00 bits per heavy atom. The summed E-state index contributed by atoms with van der Waals surface area (Å²) in [6.07, 6.45) is 34.8. The lowest BCUT2D eigenvalue weighted by Gasteiger charge is -2.31. The first-order valence-electron chi connectivity index (χ1n) is 48.5. The average Bonchev–Trinajstić information content (AvgIpc) is 1.58. The number of amides is 6. The lowest BCUT2D eigenvalue weighted by atomic mass is 9.81. The molecule has 33 heteroatoms. The van der Waals surface area contributed by atoms with Gasteiger partial charge in [0, 0.05) is 76.4 Å². The lowest BCUT2D eigenvalue weighted by Crippen LogP contribution is -2.37. The third-order valence-electron chi connectivity index (χ3n) is 25.5. The Morgan fingerprint density at radius 3 is 1.48 bits per heavy atom. The summed E-state index contributed by atoms with van der Waals surface area (Å²) in [5.74, 6) is -3.45. The molecule has 6 N–H and O–H groups in total. The van der Waals surface area contributed by atoms with Gasteiger partial charge in [0.1, 0.15) is 35.2 Å². The third-order valence-corrected chi connectivity index (χ3v) is 25.5. The maximum absolute atomic E-state index is 13.9. The van der Waals surface area contributed by atoms with Gasteiger partial charge in [0.05, 0.1) is 124 Å². The molecule has 6 aliphatic rings. The number of halogens is 5. The minimum Gasteiger partial charge on any atom is -0.492 e. The van der Waals surface area contributed by atoms with Gasteiger partial charge in [-0.1, -0.05) is 146 Å². The van der Waals surface area contributed by atoms with Gasteiger partial charge in [-0.25, -0.2) is 46.9 Å². The number of epoxide rings is 1. The number of hydrogen-bond donors (Lipinski definition) is 6. The summed E-state index contributed by atoms with van der Waals surface area (Å²) < 4.78 is 117. The zero-order valence-corrected chi connectivity index (χ0v) is 84.4. The zero-order valence-electron chi connectivity index (χ0n) is 84.4. The molecule has 3 saturated heterocycles. The van der Waals surface area contributed by atoms with Crippen LogP contribution in [0.25, 0.3) is 62.5 Å². The number of fused-ring (bicyclic) bond motifs is 3. The van der Waals surface area contributed by atoms with E-state index in [1.165, 1.54) is 61.2 Å². The lowest BCUT2D eigenvalue weighted by molar-refractivity contribution is -0.148. The molecule has 5 fully saturated rings. The average molecular weight is 2000 g/mol. The summed E-state index contributed by atoms with van der Waals surface area (Å²) in [5.41, 5.74) is 13.5. The van der Waals surface area contributed by atoms with Gasteiger partial charge in [-0.3, -0.25) is 33.8 Å². The predicted octanol–water partition coefficient (Wildman–Crippen LogP) is 24.0. The molecule has 6 aromatic heterocycles. The number of anilines is 6. The molecule has 2 aliphatic carbocycles. The van der Waals surface area contributed by atoms with E-state index in [2.05, 4.69) is 184 Å². The van der Waals surface area contributed by atoms with E-state index in [1.807, 2.05) is 54.6 Å². The molecule has 10 aromatic rings. The van der Waals surface area contributed by atoms with Gasteiger partial charge in [0.2, 0.25) is 59.0 Å². The van der Waals surface area contributed by atoms with Crippen molar-refractivity contribution in [2.45, 2.75) is 199 Å². The molecule has 16 rings (SSSR count). The number of pyridine rings is 5. The number of alkyl halides is 5. The highest BCUT2D eigenvalue weighted by Gasteiger charge is 2.48. The summed E-state index contributed by atoms with van der Waals surface area (Å²) in [7, 11) is 4.66. The normalized spacial score (nSPS) is 19.8. The van der Waals surface area contributed by atoms with Crippen LogP contribution in [-0.2, 0) is 49.4 Å². The molecular formula is C113H128F5N13O15. The monoisotopic (exact) mass is 2000 g/mol. The highest BCUT2D eigenvalue weighted by atomic mass is 19.3. The fourth-order valence-corrected chi connectivity index (χ4v) is 16.7. The van der Waals surface area contributed by atoms with Crippen molar-refractivity contribution in [3.8, 4) is 57.6 Å².